The molecule has 1 N–H and O–H groups in total. The molecule has 8 nitrogen and oxygen atoms in total. The second-order valence-electron chi connectivity index (χ2n) is 6.93. The van der Waals surface area contributed by atoms with Crippen molar-refractivity contribution in [3.05, 3.63) is 53.1 Å². The maximum absolute atomic E-state index is 13.0. The molecular formula is C24H26O8. The van der Waals surface area contributed by atoms with Crippen LogP contribution in [0.3, 0.4) is 0 Å². The van der Waals surface area contributed by atoms with Gasteiger partial charge in [0.15, 0.2) is 23.0 Å². The molecule has 0 radical (unpaired) electrons. The van der Waals surface area contributed by atoms with E-state index in [1.165, 1.54) is 26.4 Å². The number of hydrogen-bond acceptors (Lipinski definition) is 8. The fourth-order valence-electron chi connectivity index (χ4n) is 3.58. The highest BCUT2D eigenvalue weighted by Crippen LogP contribution is 2.52. The smallest absolute Gasteiger partial charge is 0.330 e. The number of rotatable bonds is 8. The van der Waals surface area contributed by atoms with Gasteiger partial charge in [-0.2, -0.15) is 0 Å². The third kappa shape index (κ3) is 4.64. The van der Waals surface area contributed by atoms with Crippen molar-refractivity contribution >= 4 is 18.0 Å². The number of methoxy groups -OCH3 is 2. The Kier molecular flexibility index (Phi) is 7.25. The number of phenols is 1. The number of hydrogen-bond donors (Lipinski definition) is 1. The van der Waals surface area contributed by atoms with Crippen LogP contribution in [0.15, 0.2) is 36.4 Å². The molecule has 32 heavy (non-hydrogen) atoms. The summed E-state index contributed by atoms with van der Waals surface area (Å²) in [6.07, 6.45) is 2.17. The molecule has 0 saturated heterocycles. The van der Waals surface area contributed by atoms with Crippen LogP contribution < -0.4 is 14.2 Å². The molecule has 0 aromatic heterocycles. The summed E-state index contributed by atoms with van der Waals surface area (Å²) in [4.78, 5) is 24.7. The third-order valence-corrected chi connectivity index (χ3v) is 4.98. The van der Waals surface area contributed by atoms with Gasteiger partial charge in [-0.3, -0.25) is 4.79 Å². The number of fused-ring (bicyclic) bond motifs is 1. The minimum atomic E-state index is -0.788. The molecule has 0 amide bonds. The zero-order valence-electron chi connectivity index (χ0n) is 18.4. The lowest BCUT2D eigenvalue weighted by molar-refractivity contribution is -0.146. The van der Waals surface area contributed by atoms with Gasteiger partial charge < -0.3 is 28.8 Å². The number of phenolic OH excluding ortho intramolecular Hbond substituents is 1. The molecule has 3 rings (SSSR count). The van der Waals surface area contributed by atoms with Crippen LogP contribution in [0.5, 0.6) is 23.0 Å². The largest absolute Gasteiger partial charge is 0.504 e. The predicted octanol–water partition coefficient (Wildman–Crippen LogP) is 3.77. The van der Waals surface area contributed by atoms with Crippen molar-refractivity contribution in [1.82, 2.24) is 0 Å². The van der Waals surface area contributed by atoms with E-state index in [0.29, 0.717) is 28.2 Å². The highest BCUT2D eigenvalue weighted by Gasteiger charge is 2.43. The molecule has 0 aliphatic carbocycles. The molecule has 170 valence electrons. The van der Waals surface area contributed by atoms with Gasteiger partial charge in [-0.15, -0.1) is 0 Å². The molecule has 1 heterocycles. The molecule has 8 heteroatoms. The average Bonchev–Trinajstić information content (AvgIpc) is 3.17. The quantitative estimate of drug-likeness (QED) is 0.487. The summed E-state index contributed by atoms with van der Waals surface area (Å²) in [5.74, 6) is -0.664. The zero-order valence-corrected chi connectivity index (χ0v) is 18.4. The Morgan fingerprint density at radius 1 is 1.03 bits per heavy atom. The minimum Gasteiger partial charge on any atom is -0.504 e. The highest BCUT2D eigenvalue weighted by molar-refractivity contribution is 5.88. The van der Waals surface area contributed by atoms with Gasteiger partial charge in [0, 0.05) is 11.6 Å². The summed E-state index contributed by atoms with van der Waals surface area (Å²) >= 11 is 0. The number of ether oxygens (including phenoxy) is 5. The van der Waals surface area contributed by atoms with E-state index in [4.69, 9.17) is 23.7 Å². The van der Waals surface area contributed by atoms with Crippen molar-refractivity contribution in [2.24, 2.45) is 0 Å². The monoisotopic (exact) mass is 442 g/mol. The number of carbonyl (C=O) groups excluding carboxylic acids is 2. The Balaban J connectivity index is 2.08. The van der Waals surface area contributed by atoms with E-state index in [1.807, 2.05) is 0 Å². The van der Waals surface area contributed by atoms with Crippen molar-refractivity contribution in [2.45, 2.75) is 25.9 Å². The molecule has 0 fully saturated rings. The summed E-state index contributed by atoms with van der Waals surface area (Å²) in [7, 11) is 2.94. The van der Waals surface area contributed by atoms with Gasteiger partial charge >= 0.3 is 11.9 Å². The summed E-state index contributed by atoms with van der Waals surface area (Å²) in [5, 5.41) is 9.95. The molecule has 0 spiro atoms. The summed E-state index contributed by atoms with van der Waals surface area (Å²) in [6.45, 7) is 3.93. The molecule has 2 atom stereocenters. The zero-order chi connectivity index (χ0) is 23.3. The molecule has 2 aromatic rings. The van der Waals surface area contributed by atoms with Gasteiger partial charge in [0.05, 0.1) is 27.4 Å². The lowest BCUT2D eigenvalue weighted by atomic mass is 9.90. The minimum absolute atomic E-state index is 0.0246. The van der Waals surface area contributed by atoms with Crippen molar-refractivity contribution in [3.8, 4) is 23.0 Å². The Hall–Kier alpha value is -3.68. The summed E-state index contributed by atoms with van der Waals surface area (Å²) in [5.41, 5.74) is 1.83. The van der Waals surface area contributed by atoms with Crippen LogP contribution in [0.25, 0.3) is 6.08 Å². The summed E-state index contributed by atoms with van der Waals surface area (Å²) in [6, 6.07) is 8.22. The summed E-state index contributed by atoms with van der Waals surface area (Å²) < 4.78 is 27.1. The Morgan fingerprint density at radius 3 is 2.41 bits per heavy atom. The molecular weight excluding hydrogens is 416 g/mol. The molecule has 0 saturated carbocycles. The van der Waals surface area contributed by atoms with E-state index >= 15 is 0 Å². The third-order valence-electron chi connectivity index (χ3n) is 4.98. The van der Waals surface area contributed by atoms with Crippen molar-refractivity contribution in [3.63, 3.8) is 0 Å². The van der Waals surface area contributed by atoms with Crippen LogP contribution in [0.2, 0.25) is 0 Å². The molecule has 1 aliphatic heterocycles. The first kappa shape index (κ1) is 23.0. The number of aromatic hydroxyl groups is 1. The van der Waals surface area contributed by atoms with Crippen LogP contribution >= 0.6 is 0 Å². The normalized spacial score (nSPS) is 16.9. The van der Waals surface area contributed by atoms with E-state index in [1.54, 1.807) is 44.2 Å². The predicted molar refractivity (Wildman–Crippen MR) is 116 cm³/mol. The van der Waals surface area contributed by atoms with Gasteiger partial charge in [0.25, 0.3) is 0 Å². The van der Waals surface area contributed by atoms with Crippen LogP contribution in [-0.2, 0) is 19.1 Å². The highest BCUT2D eigenvalue weighted by atomic mass is 16.5. The van der Waals surface area contributed by atoms with E-state index in [9.17, 15) is 14.7 Å². The lowest BCUT2D eigenvalue weighted by Gasteiger charge is -2.19. The molecule has 1 aliphatic rings. The van der Waals surface area contributed by atoms with Crippen LogP contribution in [0, 0.1) is 0 Å². The fourth-order valence-corrected chi connectivity index (χ4v) is 3.58. The van der Waals surface area contributed by atoms with Gasteiger partial charge in [-0.05, 0) is 55.3 Å². The standard InChI is InChI=1S/C24H26O8/c1-5-30-20(26)10-7-14-11-16-21(24(27)31-6-2)22(32-23(16)19(12-14)29-4)15-8-9-17(25)18(13-15)28-3/h7-13,21-22,25H,5-6H2,1-4H3/b10-7+/t21-,22+/m0/s1. The van der Waals surface area contributed by atoms with Crippen molar-refractivity contribution in [1.29, 1.82) is 0 Å². The van der Waals surface area contributed by atoms with E-state index in [-0.39, 0.29) is 24.7 Å². The lowest BCUT2D eigenvalue weighted by Crippen LogP contribution is -2.21. The van der Waals surface area contributed by atoms with Gasteiger partial charge in [-0.25, -0.2) is 4.79 Å². The first-order valence-electron chi connectivity index (χ1n) is 10.2. The Bertz CT molecular complexity index is 1030. The van der Waals surface area contributed by atoms with Crippen molar-refractivity contribution in [2.75, 3.05) is 27.4 Å². The van der Waals surface area contributed by atoms with E-state index in [0.717, 1.165) is 0 Å². The van der Waals surface area contributed by atoms with E-state index in [2.05, 4.69) is 0 Å². The first-order chi connectivity index (χ1) is 15.4. The second kappa shape index (κ2) is 10.1. The number of carbonyl (C=O) groups is 2. The number of benzene rings is 2. The Labute approximate surface area is 186 Å². The van der Waals surface area contributed by atoms with Crippen LogP contribution in [0.4, 0.5) is 0 Å². The van der Waals surface area contributed by atoms with Crippen LogP contribution in [-0.4, -0.2) is 44.5 Å². The molecule has 0 unspecified atom stereocenters. The van der Waals surface area contributed by atoms with Crippen LogP contribution in [0.1, 0.15) is 42.6 Å². The fraction of sp³-hybridized carbons (Fsp3) is 0.333. The SMILES string of the molecule is CCOC(=O)/C=C/c1cc(OC)c2c(c1)[C@H](C(=O)OCC)[C@@H](c1ccc(O)c(OC)c1)O2. The average molecular weight is 442 g/mol. The maximum atomic E-state index is 13.0. The maximum Gasteiger partial charge on any atom is 0.330 e. The van der Waals surface area contributed by atoms with Gasteiger partial charge in [0.2, 0.25) is 0 Å². The van der Waals surface area contributed by atoms with E-state index < -0.39 is 24.0 Å². The number of esters is 2. The molecule has 2 aromatic carbocycles. The first-order valence-corrected chi connectivity index (χ1v) is 10.2. The molecule has 0 bridgehead atoms. The van der Waals surface area contributed by atoms with Gasteiger partial charge in [-0.1, -0.05) is 6.07 Å². The van der Waals surface area contributed by atoms with Crippen molar-refractivity contribution < 1.29 is 38.4 Å². The topological polar surface area (TPSA) is 101 Å². The second-order valence-corrected chi connectivity index (χ2v) is 6.93. The van der Waals surface area contributed by atoms with Gasteiger partial charge in [0.1, 0.15) is 12.0 Å². The Morgan fingerprint density at radius 2 is 1.75 bits per heavy atom.